The zero-order valence-electron chi connectivity index (χ0n) is 13.2. The summed E-state index contributed by atoms with van der Waals surface area (Å²) in [7, 11) is 0. The lowest BCUT2D eigenvalue weighted by Gasteiger charge is -2.11. The maximum absolute atomic E-state index is 14.2. The molecule has 0 bridgehead atoms. The van der Waals surface area contributed by atoms with Crippen LogP contribution in [0.15, 0.2) is 36.4 Å². The molecule has 0 saturated heterocycles. The number of amides is 1. The third-order valence-electron chi connectivity index (χ3n) is 3.18. The van der Waals surface area contributed by atoms with Gasteiger partial charge in [0.15, 0.2) is 11.5 Å². The van der Waals surface area contributed by atoms with Gasteiger partial charge in [-0.2, -0.15) is 0 Å². The quantitative estimate of drug-likeness (QED) is 0.605. The van der Waals surface area contributed by atoms with E-state index in [1.165, 1.54) is 24.3 Å². The zero-order chi connectivity index (χ0) is 18.4. The van der Waals surface area contributed by atoms with E-state index in [1.54, 1.807) is 6.92 Å². The molecule has 2 aromatic carbocycles. The molecule has 0 spiro atoms. The molecule has 0 atom stereocenters. The highest BCUT2D eigenvalue weighted by Crippen LogP contribution is 2.31. The van der Waals surface area contributed by atoms with Crippen molar-refractivity contribution < 1.29 is 23.2 Å². The molecule has 0 aliphatic carbocycles. The van der Waals surface area contributed by atoms with Gasteiger partial charge in [-0.3, -0.25) is 15.4 Å². The van der Waals surface area contributed by atoms with Gasteiger partial charge in [0.1, 0.15) is 5.82 Å². The number of nitrogens with zero attached hydrogens (tertiary/aromatic N) is 1. The number of hydrogen-bond donors (Lipinski definition) is 2. The fourth-order valence-corrected chi connectivity index (χ4v) is 2.04. The average Bonchev–Trinajstić information content (AvgIpc) is 2.56. The van der Waals surface area contributed by atoms with Crippen LogP contribution < -0.4 is 10.6 Å². The van der Waals surface area contributed by atoms with Gasteiger partial charge in [-0.05, 0) is 30.7 Å². The van der Waals surface area contributed by atoms with Crippen LogP contribution in [0.25, 0.3) is 0 Å². The Balaban J connectivity index is 2.21. The highest BCUT2D eigenvalue weighted by Gasteiger charge is 2.22. The number of carbonyl (C=O) groups excluding carboxylic acids is 1. The van der Waals surface area contributed by atoms with Gasteiger partial charge in [-0.25, -0.2) is 13.6 Å². The molecule has 9 heteroatoms. The van der Waals surface area contributed by atoms with Gasteiger partial charge in [-0.15, -0.1) is 0 Å². The number of nitro benzene ring substituents is 1. The molecule has 2 rings (SSSR count). The van der Waals surface area contributed by atoms with Crippen LogP contribution >= 0.6 is 0 Å². The zero-order valence-corrected chi connectivity index (χ0v) is 13.2. The second kappa shape index (κ2) is 8.04. The number of hydrogen-bond acceptors (Lipinski definition) is 5. The molecular weight excluding hydrogens is 336 g/mol. The molecular formula is C16H15F2N3O4. The first-order valence-corrected chi connectivity index (χ1v) is 7.30. The van der Waals surface area contributed by atoms with Crippen LogP contribution in [-0.2, 0) is 11.3 Å². The molecule has 0 aromatic heterocycles. The van der Waals surface area contributed by atoms with E-state index in [9.17, 15) is 23.7 Å². The minimum Gasteiger partial charge on any atom is -0.450 e. The molecule has 0 heterocycles. The maximum Gasteiger partial charge on any atom is 0.411 e. The van der Waals surface area contributed by atoms with Crippen molar-refractivity contribution in [1.82, 2.24) is 0 Å². The van der Waals surface area contributed by atoms with Gasteiger partial charge in [0.2, 0.25) is 0 Å². The lowest BCUT2D eigenvalue weighted by molar-refractivity contribution is -0.384. The van der Waals surface area contributed by atoms with E-state index in [2.05, 4.69) is 10.1 Å². The van der Waals surface area contributed by atoms with Gasteiger partial charge in [-0.1, -0.05) is 12.1 Å². The summed E-state index contributed by atoms with van der Waals surface area (Å²) in [5.74, 6) is -1.37. The summed E-state index contributed by atoms with van der Waals surface area (Å²) in [6.45, 7) is 1.80. The molecule has 25 heavy (non-hydrogen) atoms. The fraction of sp³-hybridized carbons (Fsp3) is 0.188. The summed E-state index contributed by atoms with van der Waals surface area (Å²) in [5.41, 5.74) is -0.341. The normalized spacial score (nSPS) is 10.2. The monoisotopic (exact) mass is 351 g/mol. The molecule has 0 aliphatic heterocycles. The van der Waals surface area contributed by atoms with Crippen molar-refractivity contribution in [1.29, 1.82) is 0 Å². The van der Waals surface area contributed by atoms with Crippen LogP contribution in [0.5, 0.6) is 0 Å². The van der Waals surface area contributed by atoms with Crippen molar-refractivity contribution in [3.8, 4) is 0 Å². The van der Waals surface area contributed by atoms with Crippen molar-refractivity contribution in [3.05, 3.63) is 63.7 Å². The Kier molecular flexibility index (Phi) is 5.83. The van der Waals surface area contributed by atoms with Gasteiger partial charge < -0.3 is 10.1 Å². The molecule has 2 aromatic rings. The summed E-state index contributed by atoms with van der Waals surface area (Å²) < 4.78 is 31.6. The lowest BCUT2D eigenvalue weighted by Crippen LogP contribution is -2.16. The van der Waals surface area contributed by atoms with E-state index >= 15 is 0 Å². The van der Waals surface area contributed by atoms with E-state index in [-0.39, 0.29) is 24.7 Å². The molecule has 0 radical (unpaired) electrons. The Morgan fingerprint density at radius 3 is 2.52 bits per heavy atom. The van der Waals surface area contributed by atoms with Crippen LogP contribution in [0.1, 0.15) is 12.5 Å². The Hall–Kier alpha value is -3.23. The van der Waals surface area contributed by atoms with Crippen LogP contribution in [0.4, 0.5) is 30.6 Å². The first kappa shape index (κ1) is 18.1. The first-order valence-electron chi connectivity index (χ1n) is 7.30. The summed E-state index contributed by atoms with van der Waals surface area (Å²) in [6, 6.07) is 7.71. The molecule has 0 saturated carbocycles. The van der Waals surface area contributed by atoms with Crippen molar-refractivity contribution in [2.75, 3.05) is 17.2 Å². The lowest BCUT2D eigenvalue weighted by atomic mass is 10.2. The van der Waals surface area contributed by atoms with Crippen molar-refractivity contribution in [3.63, 3.8) is 0 Å². The summed E-state index contributed by atoms with van der Waals surface area (Å²) in [4.78, 5) is 21.7. The van der Waals surface area contributed by atoms with Gasteiger partial charge in [0.05, 0.1) is 11.5 Å². The van der Waals surface area contributed by atoms with Crippen molar-refractivity contribution in [2.24, 2.45) is 0 Å². The van der Waals surface area contributed by atoms with Crippen LogP contribution in [0.3, 0.4) is 0 Å². The Morgan fingerprint density at radius 1 is 1.24 bits per heavy atom. The number of halogens is 2. The van der Waals surface area contributed by atoms with Crippen LogP contribution in [0, 0.1) is 21.7 Å². The Bertz CT molecular complexity index is 782. The maximum atomic E-state index is 14.2. The molecule has 7 nitrogen and oxygen atoms in total. The number of nitrogens with one attached hydrogen (secondary N) is 2. The molecule has 0 fully saturated rings. The fourth-order valence-electron chi connectivity index (χ4n) is 2.04. The Morgan fingerprint density at radius 2 is 1.92 bits per heavy atom. The first-order chi connectivity index (χ1) is 11.9. The second-order valence-corrected chi connectivity index (χ2v) is 4.93. The predicted molar refractivity (Wildman–Crippen MR) is 87.4 cm³/mol. The van der Waals surface area contributed by atoms with E-state index in [0.717, 1.165) is 12.1 Å². The largest absolute Gasteiger partial charge is 0.450 e. The second-order valence-electron chi connectivity index (χ2n) is 4.93. The van der Waals surface area contributed by atoms with Gasteiger partial charge in [0.25, 0.3) is 5.69 Å². The van der Waals surface area contributed by atoms with Crippen LogP contribution in [-0.4, -0.2) is 17.6 Å². The van der Waals surface area contributed by atoms with E-state index in [4.69, 9.17) is 0 Å². The number of carbonyl (C=O) groups is 1. The third-order valence-corrected chi connectivity index (χ3v) is 3.18. The highest BCUT2D eigenvalue weighted by molar-refractivity contribution is 5.88. The molecule has 132 valence electrons. The molecule has 0 aliphatic rings. The summed E-state index contributed by atoms with van der Waals surface area (Å²) in [5, 5.41) is 16.0. The summed E-state index contributed by atoms with van der Waals surface area (Å²) in [6.07, 6.45) is -0.989. The number of ether oxygens (including phenoxy) is 1. The van der Waals surface area contributed by atoms with E-state index in [0.29, 0.717) is 5.56 Å². The number of nitro groups is 1. The average molecular weight is 351 g/mol. The van der Waals surface area contributed by atoms with E-state index < -0.39 is 28.2 Å². The van der Waals surface area contributed by atoms with E-state index in [1.807, 2.05) is 5.32 Å². The minimum absolute atomic E-state index is 0.0402. The summed E-state index contributed by atoms with van der Waals surface area (Å²) >= 11 is 0. The van der Waals surface area contributed by atoms with Gasteiger partial charge >= 0.3 is 6.09 Å². The van der Waals surface area contributed by atoms with Crippen molar-refractivity contribution >= 4 is 23.2 Å². The SMILES string of the molecule is CCOC(=O)Nc1c(F)cc(NCc2ccc(F)cc2)cc1[N+](=O)[O-]. The topological polar surface area (TPSA) is 93.5 Å². The highest BCUT2D eigenvalue weighted by atomic mass is 19.1. The Labute approximate surface area is 141 Å². The third kappa shape index (κ3) is 4.87. The molecule has 1 amide bonds. The molecule has 2 N–H and O–H groups in total. The standard InChI is InChI=1S/C16H15F2N3O4/c1-2-25-16(22)20-15-13(18)7-12(8-14(15)21(23)24)19-9-10-3-5-11(17)6-4-10/h3-8,19H,2,9H2,1H3,(H,20,22). The molecule has 0 unspecified atom stereocenters. The van der Waals surface area contributed by atoms with Crippen LogP contribution in [0.2, 0.25) is 0 Å². The van der Waals surface area contributed by atoms with Crippen molar-refractivity contribution in [2.45, 2.75) is 13.5 Å². The number of anilines is 2. The minimum atomic E-state index is -0.989. The van der Waals surface area contributed by atoms with Gasteiger partial charge in [0, 0.05) is 18.3 Å². The number of benzene rings is 2. The predicted octanol–water partition coefficient (Wildman–Crippen LogP) is 4.05. The smallest absolute Gasteiger partial charge is 0.411 e. The number of rotatable bonds is 6.